The van der Waals surface area contributed by atoms with Gasteiger partial charge in [-0.25, -0.2) is 8.60 Å². The highest BCUT2D eigenvalue weighted by Crippen LogP contribution is 2.22. The first-order valence-corrected chi connectivity index (χ1v) is 6.94. The number of hydrogen-bond acceptors (Lipinski definition) is 1. The molecule has 0 aliphatic rings. The van der Waals surface area contributed by atoms with Gasteiger partial charge in [0, 0.05) is 20.5 Å². The van der Waals surface area contributed by atoms with Crippen LogP contribution in [0.15, 0.2) is 12.1 Å². The maximum atomic E-state index is 13.6. The van der Waals surface area contributed by atoms with Gasteiger partial charge in [-0.05, 0) is 45.2 Å². The summed E-state index contributed by atoms with van der Waals surface area (Å²) in [4.78, 5) is 0. The zero-order valence-electron chi connectivity index (χ0n) is 10.1. The van der Waals surface area contributed by atoms with Crippen LogP contribution < -0.4 is 4.72 Å². The van der Waals surface area contributed by atoms with E-state index in [0.29, 0.717) is 16.8 Å². The van der Waals surface area contributed by atoms with Gasteiger partial charge in [-0.15, -0.1) is 0 Å². The standard InChI is InChI=1S/C12H18FNOS/c1-8(2)16(5,15)14-11-7-6-9(3)12(13)10(11)4/h6-8H,5H2,1-4H3,(H,14,15). The Kier molecular flexibility index (Phi) is 3.63. The van der Waals surface area contributed by atoms with Gasteiger partial charge in [0.15, 0.2) is 0 Å². The third-order valence-corrected chi connectivity index (χ3v) is 4.71. The van der Waals surface area contributed by atoms with Gasteiger partial charge in [0.1, 0.15) is 5.82 Å². The molecule has 0 spiro atoms. The monoisotopic (exact) mass is 243 g/mol. The van der Waals surface area contributed by atoms with Crippen molar-refractivity contribution in [3.8, 4) is 0 Å². The van der Waals surface area contributed by atoms with E-state index in [-0.39, 0.29) is 11.1 Å². The zero-order chi connectivity index (χ0) is 12.5. The molecule has 1 atom stereocenters. The molecule has 16 heavy (non-hydrogen) atoms. The highest BCUT2D eigenvalue weighted by molar-refractivity contribution is 8.02. The maximum absolute atomic E-state index is 13.6. The SMILES string of the molecule is C=S(=O)(Nc1ccc(C)c(F)c1C)C(C)C. The fraction of sp³-hybridized carbons (Fsp3) is 0.417. The summed E-state index contributed by atoms with van der Waals surface area (Å²) in [7, 11) is -2.42. The molecular weight excluding hydrogens is 225 g/mol. The van der Waals surface area contributed by atoms with Crippen molar-refractivity contribution >= 4 is 21.3 Å². The van der Waals surface area contributed by atoms with Crippen LogP contribution in [0.1, 0.15) is 25.0 Å². The third-order valence-electron chi connectivity index (χ3n) is 2.62. The Morgan fingerprint density at radius 1 is 1.38 bits per heavy atom. The summed E-state index contributed by atoms with van der Waals surface area (Å²) in [6.45, 7) is 7.01. The van der Waals surface area contributed by atoms with Crippen LogP contribution in [0.2, 0.25) is 0 Å². The summed E-state index contributed by atoms with van der Waals surface area (Å²) in [5.74, 6) is 3.39. The van der Waals surface area contributed by atoms with Crippen molar-refractivity contribution in [3.05, 3.63) is 29.1 Å². The molecule has 0 bridgehead atoms. The molecule has 4 heteroatoms. The zero-order valence-corrected chi connectivity index (χ0v) is 11.0. The molecule has 1 rings (SSSR count). The fourth-order valence-corrected chi connectivity index (χ4v) is 2.06. The second-order valence-electron chi connectivity index (χ2n) is 4.25. The predicted molar refractivity (Wildman–Crippen MR) is 69.9 cm³/mol. The summed E-state index contributed by atoms with van der Waals surface area (Å²) in [5.41, 5.74) is 1.62. The summed E-state index contributed by atoms with van der Waals surface area (Å²) in [5, 5.41) is -0.101. The number of nitrogens with one attached hydrogen (secondary N) is 1. The van der Waals surface area contributed by atoms with Crippen molar-refractivity contribution in [1.82, 2.24) is 0 Å². The van der Waals surface area contributed by atoms with Crippen LogP contribution in [0.25, 0.3) is 0 Å². The van der Waals surface area contributed by atoms with E-state index in [2.05, 4.69) is 10.6 Å². The normalized spacial score (nSPS) is 14.9. The van der Waals surface area contributed by atoms with E-state index in [9.17, 15) is 8.60 Å². The molecule has 1 N–H and O–H groups in total. The first-order valence-electron chi connectivity index (χ1n) is 5.15. The minimum atomic E-state index is -2.42. The molecule has 0 heterocycles. The molecule has 0 aliphatic heterocycles. The van der Waals surface area contributed by atoms with Crippen LogP contribution in [0.5, 0.6) is 0 Å². The number of aryl methyl sites for hydroxylation is 1. The molecule has 90 valence electrons. The molecule has 0 saturated carbocycles. The van der Waals surface area contributed by atoms with E-state index < -0.39 is 9.71 Å². The van der Waals surface area contributed by atoms with E-state index in [1.807, 2.05) is 13.8 Å². The Morgan fingerprint density at radius 3 is 2.44 bits per heavy atom. The molecule has 1 unspecified atom stereocenters. The second kappa shape index (κ2) is 4.45. The number of benzene rings is 1. The predicted octanol–water partition coefficient (Wildman–Crippen LogP) is 2.89. The van der Waals surface area contributed by atoms with Crippen LogP contribution in [-0.4, -0.2) is 15.3 Å². The average Bonchev–Trinajstić information content (AvgIpc) is 2.19. The fourth-order valence-electron chi connectivity index (χ4n) is 1.24. The molecule has 0 saturated heterocycles. The van der Waals surface area contributed by atoms with E-state index in [0.717, 1.165) is 0 Å². The van der Waals surface area contributed by atoms with Crippen LogP contribution in [0, 0.1) is 19.7 Å². The van der Waals surface area contributed by atoms with E-state index >= 15 is 0 Å². The minimum absolute atomic E-state index is 0.101. The van der Waals surface area contributed by atoms with Crippen LogP contribution in [-0.2, 0) is 9.71 Å². The number of anilines is 1. The van der Waals surface area contributed by atoms with Gasteiger partial charge in [0.25, 0.3) is 0 Å². The summed E-state index contributed by atoms with van der Waals surface area (Å²) in [6, 6.07) is 3.40. The third kappa shape index (κ3) is 2.55. The Morgan fingerprint density at radius 2 is 1.94 bits per heavy atom. The number of hydrogen-bond donors (Lipinski definition) is 1. The molecule has 0 radical (unpaired) electrons. The van der Waals surface area contributed by atoms with Crippen molar-refractivity contribution in [3.63, 3.8) is 0 Å². The van der Waals surface area contributed by atoms with Crippen molar-refractivity contribution in [1.29, 1.82) is 0 Å². The lowest BCUT2D eigenvalue weighted by molar-refractivity contribution is 0.610. The molecule has 1 aromatic carbocycles. The van der Waals surface area contributed by atoms with Gasteiger partial charge in [-0.2, -0.15) is 0 Å². The minimum Gasteiger partial charge on any atom is -0.312 e. The highest BCUT2D eigenvalue weighted by atomic mass is 32.2. The van der Waals surface area contributed by atoms with Gasteiger partial charge >= 0.3 is 0 Å². The summed E-state index contributed by atoms with van der Waals surface area (Å²) in [6.07, 6.45) is 0. The Hall–Kier alpha value is -1.03. The largest absolute Gasteiger partial charge is 0.312 e. The van der Waals surface area contributed by atoms with E-state index in [1.54, 1.807) is 26.0 Å². The van der Waals surface area contributed by atoms with Gasteiger partial charge in [0.2, 0.25) is 0 Å². The second-order valence-corrected chi connectivity index (χ2v) is 6.85. The molecule has 0 aromatic heterocycles. The smallest absolute Gasteiger partial charge is 0.131 e. The van der Waals surface area contributed by atoms with Gasteiger partial charge in [0.05, 0.1) is 5.69 Å². The number of rotatable bonds is 3. The van der Waals surface area contributed by atoms with Crippen LogP contribution in [0.4, 0.5) is 10.1 Å². The van der Waals surface area contributed by atoms with E-state index in [4.69, 9.17) is 0 Å². The van der Waals surface area contributed by atoms with Gasteiger partial charge in [-0.1, -0.05) is 6.07 Å². The Bertz CT molecular complexity index is 492. The lowest BCUT2D eigenvalue weighted by Gasteiger charge is -2.18. The molecule has 2 nitrogen and oxygen atoms in total. The highest BCUT2D eigenvalue weighted by Gasteiger charge is 2.13. The molecule has 0 aliphatic carbocycles. The number of halogens is 1. The first kappa shape index (κ1) is 13.0. The van der Waals surface area contributed by atoms with Crippen molar-refractivity contribution < 1.29 is 8.60 Å². The Balaban J connectivity index is 3.14. The lowest BCUT2D eigenvalue weighted by atomic mass is 10.1. The Labute approximate surface area is 97.0 Å². The molecule has 0 fully saturated rings. The molecular formula is C12H18FNOS. The quantitative estimate of drug-likeness (QED) is 0.813. The van der Waals surface area contributed by atoms with Crippen molar-refractivity contribution in [2.45, 2.75) is 32.9 Å². The molecule has 1 aromatic rings. The molecule has 0 amide bonds. The summed E-state index contributed by atoms with van der Waals surface area (Å²) >= 11 is 0. The van der Waals surface area contributed by atoms with Crippen LogP contribution >= 0.6 is 0 Å². The van der Waals surface area contributed by atoms with Crippen molar-refractivity contribution in [2.75, 3.05) is 4.72 Å². The lowest BCUT2D eigenvalue weighted by Crippen LogP contribution is -2.22. The topological polar surface area (TPSA) is 29.1 Å². The van der Waals surface area contributed by atoms with Crippen LogP contribution in [0.3, 0.4) is 0 Å². The van der Waals surface area contributed by atoms with E-state index in [1.165, 1.54) is 0 Å². The average molecular weight is 243 g/mol. The van der Waals surface area contributed by atoms with Crippen molar-refractivity contribution in [2.24, 2.45) is 0 Å². The maximum Gasteiger partial charge on any atom is 0.131 e. The van der Waals surface area contributed by atoms with Gasteiger partial charge < -0.3 is 4.72 Å². The first-order chi connectivity index (χ1) is 7.25. The summed E-state index contributed by atoms with van der Waals surface area (Å²) < 4.78 is 28.5. The van der Waals surface area contributed by atoms with Gasteiger partial charge in [-0.3, -0.25) is 0 Å².